The first kappa shape index (κ1) is 27.6. The van der Waals surface area contributed by atoms with Crippen LogP contribution < -0.4 is 0 Å². The molecule has 4 nitrogen and oxygen atoms in total. The number of imidazole rings is 2. The number of aromatic nitrogens is 4. The summed E-state index contributed by atoms with van der Waals surface area (Å²) in [5.74, 6) is 13.6. The number of halogens is 2. The van der Waals surface area contributed by atoms with Crippen LogP contribution in [0.4, 0.5) is 0 Å². The summed E-state index contributed by atoms with van der Waals surface area (Å²) in [6.07, 6.45) is 0. The lowest BCUT2D eigenvalue weighted by Crippen LogP contribution is -2.11. The fourth-order valence-electron chi connectivity index (χ4n) is 5.32. The Morgan fingerprint density at radius 2 is 0.841 bits per heavy atom. The molecule has 2 heterocycles. The standard InChI is InChI=1S/C38H24Cl2N4/c39-37-41-33-15-7-9-17-35(33)43(37)25-31-29(21-19-27-11-3-1-4-12-27)23-24-30(22-20-28-13-5-2-6-14-28)32(31)26-44-36-18-10-8-16-34(36)42-38(44)40/h1-18,23-24H,25-26H2. The van der Waals surface area contributed by atoms with Gasteiger partial charge in [0.2, 0.25) is 10.6 Å². The van der Waals surface area contributed by atoms with E-state index in [2.05, 4.69) is 33.6 Å². The minimum absolute atomic E-state index is 0.408. The average molecular weight is 608 g/mol. The van der Waals surface area contributed by atoms with Crippen molar-refractivity contribution in [2.24, 2.45) is 0 Å². The zero-order valence-electron chi connectivity index (χ0n) is 23.5. The second kappa shape index (κ2) is 12.2. The number of hydrogen-bond acceptors (Lipinski definition) is 2. The van der Waals surface area contributed by atoms with E-state index < -0.39 is 0 Å². The summed E-state index contributed by atoms with van der Waals surface area (Å²) in [5.41, 5.74) is 9.16. The molecule has 210 valence electrons. The van der Waals surface area contributed by atoms with Crippen molar-refractivity contribution in [2.45, 2.75) is 13.1 Å². The highest BCUT2D eigenvalue weighted by Gasteiger charge is 2.19. The molecule has 0 aliphatic carbocycles. The summed E-state index contributed by atoms with van der Waals surface area (Å²) < 4.78 is 4.04. The van der Waals surface area contributed by atoms with Gasteiger partial charge in [0.25, 0.3) is 0 Å². The highest BCUT2D eigenvalue weighted by molar-refractivity contribution is 6.29. The molecule has 0 aliphatic rings. The van der Waals surface area contributed by atoms with E-state index in [0.29, 0.717) is 23.7 Å². The number of para-hydroxylation sites is 4. The lowest BCUT2D eigenvalue weighted by molar-refractivity contribution is 0.771. The van der Waals surface area contributed by atoms with Crippen LogP contribution >= 0.6 is 23.2 Å². The SMILES string of the molecule is Clc1nc2ccccc2n1Cc1c(C#Cc2ccccc2)ccc(C#Cc2ccccc2)c1Cn1c(Cl)nc2ccccc21. The first-order chi connectivity index (χ1) is 21.6. The second-order valence-electron chi connectivity index (χ2n) is 10.3. The molecule has 44 heavy (non-hydrogen) atoms. The first-order valence-corrected chi connectivity index (χ1v) is 14.9. The molecular formula is C38H24Cl2N4. The molecule has 0 saturated carbocycles. The van der Waals surface area contributed by atoms with E-state index >= 15 is 0 Å². The van der Waals surface area contributed by atoms with Crippen LogP contribution in [0.2, 0.25) is 10.6 Å². The van der Waals surface area contributed by atoms with Crippen molar-refractivity contribution in [2.75, 3.05) is 0 Å². The third kappa shape index (κ3) is 5.58. The van der Waals surface area contributed by atoms with Gasteiger partial charge in [0.05, 0.1) is 35.2 Å². The number of fused-ring (bicyclic) bond motifs is 2. The Morgan fingerprint density at radius 1 is 0.455 bits per heavy atom. The zero-order valence-corrected chi connectivity index (χ0v) is 25.0. The Balaban J connectivity index is 1.47. The van der Waals surface area contributed by atoms with E-state index in [1.54, 1.807) is 0 Å². The van der Waals surface area contributed by atoms with Crippen LogP contribution in [-0.2, 0) is 13.1 Å². The topological polar surface area (TPSA) is 35.6 Å². The van der Waals surface area contributed by atoms with Crippen LogP contribution in [0.25, 0.3) is 22.1 Å². The Bertz CT molecular complexity index is 2100. The van der Waals surface area contributed by atoms with Gasteiger partial charge < -0.3 is 9.13 Å². The lowest BCUT2D eigenvalue weighted by atomic mass is 9.95. The molecular weight excluding hydrogens is 583 g/mol. The normalized spacial score (nSPS) is 10.8. The molecule has 0 N–H and O–H groups in total. The van der Waals surface area contributed by atoms with Gasteiger partial charge in [-0.05, 0) is 95.0 Å². The largest absolute Gasteiger partial charge is 0.310 e. The summed E-state index contributed by atoms with van der Waals surface area (Å²) in [6.45, 7) is 0.886. The molecule has 6 heteroatoms. The fraction of sp³-hybridized carbons (Fsp3) is 0.0526. The molecule has 0 atom stereocenters. The molecule has 0 radical (unpaired) electrons. The van der Waals surface area contributed by atoms with Gasteiger partial charge in [-0.2, -0.15) is 0 Å². The predicted molar refractivity (Wildman–Crippen MR) is 179 cm³/mol. The Labute approximate surface area is 265 Å². The molecule has 0 unspecified atom stereocenters. The van der Waals surface area contributed by atoms with Crippen LogP contribution in [0.1, 0.15) is 33.4 Å². The van der Waals surface area contributed by atoms with E-state index in [4.69, 9.17) is 23.2 Å². The van der Waals surface area contributed by atoms with Gasteiger partial charge in [0, 0.05) is 22.3 Å². The maximum absolute atomic E-state index is 6.77. The van der Waals surface area contributed by atoms with Crippen molar-refractivity contribution in [1.29, 1.82) is 0 Å². The summed E-state index contributed by atoms with van der Waals surface area (Å²) in [5, 5.41) is 0.817. The van der Waals surface area contributed by atoms with Crippen molar-refractivity contribution in [3.8, 4) is 23.7 Å². The summed E-state index contributed by atoms with van der Waals surface area (Å²) in [6, 6.07) is 39.9. The van der Waals surface area contributed by atoms with Crippen LogP contribution in [0, 0.1) is 23.7 Å². The van der Waals surface area contributed by atoms with E-state index in [9.17, 15) is 0 Å². The van der Waals surface area contributed by atoms with Crippen LogP contribution in [-0.4, -0.2) is 19.1 Å². The summed E-state index contributed by atoms with van der Waals surface area (Å²) in [4.78, 5) is 9.24. The van der Waals surface area contributed by atoms with E-state index in [1.165, 1.54) is 0 Å². The summed E-state index contributed by atoms with van der Waals surface area (Å²) >= 11 is 13.5. The molecule has 5 aromatic carbocycles. The van der Waals surface area contributed by atoms with Crippen molar-refractivity contribution in [1.82, 2.24) is 19.1 Å². The zero-order chi connectivity index (χ0) is 29.9. The monoisotopic (exact) mass is 606 g/mol. The van der Waals surface area contributed by atoms with Crippen molar-refractivity contribution >= 4 is 45.3 Å². The minimum Gasteiger partial charge on any atom is -0.310 e. The van der Waals surface area contributed by atoms with Gasteiger partial charge in [-0.25, -0.2) is 9.97 Å². The first-order valence-electron chi connectivity index (χ1n) is 14.1. The number of nitrogens with zero attached hydrogens (tertiary/aromatic N) is 4. The van der Waals surface area contributed by atoms with Gasteiger partial charge >= 0.3 is 0 Å². The van der Waals surface area contributed by atoms with Crippen molar-refractivity contribution < 1.29 is 0 Å². The lowest BCUT2D eigenvalue weighted by Gasteiger charge is -2.18. The van der Waals surface area contributed by atoms with Gasteiger partial charge in [0.1, 0.15) is 0 Å². The number of benzene rings is 5. The molecule has 0 saturated heterocycles. The van der Waals surface area contributed by atoms with E-state index in [-0.39, 0.29) is 0 Å². The smallest absolute Gasteiger partial charge is 0.204 e. The number of hydrogen-bond donors (Lipinski definition) is 0. The molecule has 0 spiro atoms. The molecule has 7 rings (SSSR count). The van der Waals surface area contributed by atoms with Crippen molar-refractivity contribution in [3.05, 3.63) is 165 Å². The highest BCUT2D eigenvalue weighted by Crippen LogP contribution is 2.29. The Morgan fingerprint density at radius 3 is 1.27 bits per heavy atom. The third-order valence-electron chi connectivity index (χ3n) is 7.51. The maximum Gasteiger partial charge on any atom is 0.204 e. The van der Waals surface area contributed by atoms with Gasteiger partial charge in [-0.1, -0.05) is 84.3 Å². The summed E-state index contributed by atoms with van der Waals surface area (Å²) in [7, 11) is 0. The average Bonchev–Trinajstić information content (AvgIpc) is 3.55. The fourth-order valence-corrected chi connectivity index (χ4v) is 5.80. The molecule has 2 aromatic heterocycles. The highest BCUT2D eigenvalue weighted by atomic mass is 35.5. The van der Waals surface area contributed by atoms with Gasteiger partial charge in [0.15, 0.2) is 0 Å². The second-order valence-corrected chi connectivity index (χ2v) is 10.9. The van der Waals surface area contributed by atoms with Crippen LogP contribution in [0.5, 0.6) is 0 Å². The van der Waals surface area contributed by atoms with E-state index in [0.717, 1.165) is 55.4 Å². The van der Waals surface area contributed by atoms with Crippen LogP contribution in [0.15, 0.2) is 121 Å². The van der Waals surface area contributed by atoms with Crippen LogP contribution in [0.3, 0.4) is 0 Å². The number of rotatable bonds is 4. The van der Waals surface area contributed by atoms with Crippen molar-refractivity contribution in [3.63, 3.8) is 0 Å². The van der Waals surface area contributed by atoms with Gasteiger partial charge in [-0.3, -0.25) is 0 Å². The predicted octanol–water partition coefficient (Wildman–Crippen LogP) is 8.59. The molecule has 0 aliphatic heterocycles. The molecule has 0 amide bonds. The Hall–Kier alpha value is -5.26. The minimum atomic E-state index is 0.408. The molecule has 0 bridgehead atoms. The third-order valence-corrected chi connectivity index (χ3v) is 8.09. The maximum atomic E-state index is 6.77. The van der Waals surface area contributed by atoms with E-state index in [1.807, 2.05) is 130 Å². The van der Waals surface area contributed by atoms with Gasteiger partial charge in [-0.15, -0.1) is 0 Å². The molecule has 0 fully saturated rings. The molecule has 7 aromatic rings. The quantitative estimate of drug-likeness (QED) is 0.188. The Kier molecular flexibility index (Phi) is 7.61.